The lowest BCUT2D eigenvalue weighted by molar-refractivity contribution is 0.0723. The van der Waals surface area contributed by atoms with Crippen LogP contribution in [-0.4, -0.2) is 35.6 Å². The van der Waals surface area contributed by atoms with E-state index in [1.807, 2.05) is 30.3 Å². The maximum absolute atomic E-state index is 13.4. The standard InChI is InChI=1S/C25H30FN3O2/c1-5-28(6-2)25-22(23(27-31-25)19-10-8-7-9-11-19)17-29(16-18(3)4)24(30)20-12-14-21(26)15-13-20/h7-15,18H,5-6,16-17H2,1-4H3. The molecule has 0 aliphatic carbocycles. The third-order valence-corrected chi connectivity index (χ3v) is 5.18. The monoisotopic (exact) mass is 423 g/mol. The molecule has 3 rings (SSSR count). The van der Waals surface area contributed by atoms with Crippen LogP contribution in [0.1, 0.15) is 43.6 Å². The van der Waals surface area contributed by atoms with Crippen LogP contribution >= 0.6 is 0 Å². The molecule has 0 N–H and O–H groups in total. The molecular weight excluding hydrogens is 393 g/mol. The van der Waals surface area contributed by atoms with Gasteiger partial charge in [-0.05, 0) is 44.0 Å². The second-order valence-corrected chi connectivity index (χ2v) is 7.94. The Morgan fingerprint density at radius 1 is 1.03 bits per heavy atom. The smallest absolute Gasteiger partial charge is 0.254 e. The Bertz CT molecular complexity index is 980. The number of carbonyl (C=O) groups excluding carboxylic acids is 1. The SMILES string of the molecule is CCN(CC)c1onc(-c2ccccc2)c1CN(CC(C)C)C(=O)c1ccc(F)cc1. The highest BCUT2D eigenvalue weighted by Gasteiger charge is 2.26. The number of aromatic nitrogens is 1. The van der Waals surface area contributed by atoms with Crippen LogP contribution in [0.15, 0.2) is 59.1 Å². The molecule has 0 saturated carbocycles. The van der Waals surface area contributed by atoms with Gasteiger partial charge >= 0.3 is 0 Å². The van der Waals surface area contributed by atoms with Crippen LogP contribution in [0, 0.1) is 11.7 Å². The molecule has 0 radical (unpaired) electrons. The fraction of sp³-hybridized carbons (Fsp3) is 0.360. The molecule has 0 saturated heterocycles. The summed E-state index contributed by atoms with van der Waals surface area (Å²) in [7, 11) is 0. The molecule has 0 bridgehead atoms. The van der Waals surface area contributed by atoms with Crippen molar-refractivity contribution in [1.29, 1.82) is 0 Å². The highest BCUT2D eigenvalue weighted by Crippen LogP contribution is 2.33. The lowest BCUT2D eigenvalue weighted by Gasteiger charge is -2.26. The molecule has 0 fully saturated rings. The zero-order valence-electron chi connectivity index (χ0n) is 18.6. The molecule has 0 atom stereocenters. The summed E-state index contributed by atoms with van der Waals surface area (Å²) in [5.41, 5.74) is 3.02. The zero-order valence-corrected chi connectivity index (χ0v) is 18.6. The summed E-state index contributed by atoms with van der Waals surface area (Å²) in [6.45, 7) is 10.7. The van der Waals surface area contributed by atoms with Crippen molar-refractivity contribution in [3.05, 3.63) is 71.5 Å². The first-order chi connectivity index (χ1) is 14.9. The first-order valence-corrected chi connectivity index (χ1v) is 10.8. The summed E-state index contributed by atoms with van der Waals surface area (Å²) in [5.74, 6) is 0.450. The maximum atomic E-state index is 13.4. The minimum atomic E-state index is -0.360. The number of amides is 1. The summed E-state index contributed by atoms with van der Waals surface area (Å²) in [6.07, 6.45) is 0. The normalized spacial score (nSPS) is 11.0. The zero-order chi connectivity index (χ0) is 22.4. The van der Waals surface area contributed by atoms with E-state index in [1.165, 1.54) is 24.3 Å². The van der Waals surface area contributed by atoms with Gasteiger partial charge in [0.25, 0.3) is 5.91 Å². The van der Waals surface area contributed by atoms with Crippen LogP contribution in [0.25, 0.3) is 11.3 Å². The molecule has 31 heavy (non-hydrogen) atoms. The van der Waals surface area contributed by atoms with Gasteiger partial charge in [-0.15, -0.1) is 0 Å². The summed E-state index contributed by atoms with van der Waals surface area (Å²) in [4.78, 5) is 17.2. The molecule has 5 nitrogen and oxygen atoms in total. The predicted molar refractivity (Wildman–Crippen MR) is 121 cm³/mol. The largest absolute Gasteiger partial charge is 0.341 e. The Morgan fingerprint density at radius 3 is 2.26 bits per heavy atom. The Hall–Kier alpha value is -3.15. The summed E-state index contributed by atoms with van der Waals surface area (Å²) >= 11 is 0. The van der Waals surface area contributed by atoms with Gasteiger partial charge in [0, 0.05) is 30.8 Å². The minimum absolute atomic E-state index is 0.139. The molecule has 1 aromatic heterocycles. The summed E-state index contributed by atoms with van der Waals surface area (Å²) < 4.78 is 19.2. The fourth-order valence-electron chi connectivity index (χ4n) is 3.65. The average Bonchev–Trinajstić information content (AvgIpc) is 3.18. The van der Waals surface area contributed by atoms with Gasteiger partial charge < -0.3 is 14.3 Å². The van der Waals surface area contributed by atoms with Crippen LogP contribution < -0.4 is 4.90 Å². The summed E-state index contributed by atoms with van der Waals surface area (Å²) in [5, 5.41) is 4.37. The second kappa shape index (κ2) is 10.2. The Kier molecular flexibility index (Phi) is 7.45. The van der Waals surface area contributed by atoms with Crippen LogP contribution in [0.3, 0.4) is 0 Å². The third-order valence-electron chi connectivity index (χ3n) is 5.18. The van der Waals surface area contributed by atoms with E-state index >= 15 is 0 Å². The minimum Gasteiger partial charge on any atom is -0.341 e. The van der Waals surface area contributed by atoms with Gasteiger partial charge in [0.15, 0.2) is 0 Å². The van der Waals surface area contributed by atoms with Gasteiger partial charge in [-0.25, -0.2) is 4.39 Å². The van der Waals surface area contributed by atoms with Crippen LogP contribution in [0.5, 0.6) is 0 Å². The van der Waals surface area contributed by atoms with Gasteiger partial charge in [-0.2, -0.15) is 0 Å². The van der Waals surface area contributed by atoms with Crippen LogP contribution in [-0.2, 0) is 6.54 Å². The quantitative estimate of drug-likeness (QED) is 0.448. The molecule has 2 aromatic carbocycles. The average molecular weight is 424 g/mol. The second-order valence-electron chi connectivity index (χ2n) is 7.94. The van der Waals surface area contributed by atoms with Crippen molar-refractivity contribution in [2.24, 2.45) is 5.92 Å². The van der Waals surface area contributed by atoms with E-state index in [0.717, 1.165) is 29.9 Å². The van der Waals surface area contributed by atoms with E-state index in [2.05, 4.69) is 37.8 Å². The van der Waals surface area contributed by atoms with Gasteiger partial charge in [0.2, 0.25) is 5.88 Å². The van der Waals surface area contributed by atoms with Crippen molar-refractivity contribution in [2.45, 2.75) is 34.2 Å². The van der Waals surface area contributed by atoms with E-state index < -0.39 is 0 Å². The molecule has 0 aliphatic rings. The Balaban J connectivity index is 2.03. The van der Waals surface area contributed by atoms with Crippen molar-refractivity contribution >= 4 is 11.8 Å². The lowest BCUT2D eigenvalue weighted by Crippen LogP contribution is -2.34. The van der Waals surface area contributed by atoms with Gasteiger partial charge in [0.05, 0.1) is 12.1 Å². The number of anilines is 1. The van der Waals surface area contributed by atoms with Crippen LogP contribution in [0.2, 0.25) is 0 Å². The number of halogens is 1. The maximum Gasteiger partial charge on any atom is 0.254 e. The molecule has 1 amide bonds. The van der Waals surface area contributed by atoms with Crippen molar-refractivity contribution in [2.75, 3.05) is 24.5 Å². The topological polar surface area (TPSA) is 49.6 Å². The number of hydrogen-bond donors (Lipinski definition) is 0. The van der Waals surface area contributed by atoms with Crippen LogP contribution in [0.4, 0.5) is 10.3 Å². The van der Waals surface area contributed by atoms with Gasteiger partial charge in [0.1, 0.15) is 11.5 Å². The van der Waals surface area contributed by atoms with Gasteiger partial charge in [-0.1, -0.05) is 49.3 Å². The molecule has 3 aromatic rings. The highest BCUT2D eigenvalue weighted by molar-refractivity contribution is 5.94. The molecule has 1 heterocycles. The van der Waals surface area contributed by atoms with E-state index in [0.29, 0.717) is 24.5 Å². The molecule has 0 spiro atoms. The number of carbonyl (C=O) groups is 1. The molecule has 164 valence electrons. The van der Waals surface area contributed by atoms with Crippen molar-refractivity contribution in [3.8, 4) is 11.3 Å². The first kappa shape index (κ1) is 22.5. The van der Waals surface area contributed by atoms with E-state index in [9.17, 15) is 9.18 Å². The highest BCUT2D eigenvalue weighted by atomic mass is 19.1. The lowest BCUT2D eigenvalue weighted by atomic mass is 10.1. The molecule has 6 heteroatoms. The third kappa shape index (κ3) is 5.32. The predicted octanol–water partition coefficient (Wildman–Crippen LogP) is 5.63. The Labute approximate surface area is 183 Å². The molecule has 0 unspecified atom stereocenters. The number of nitrogens with zero attached hydrogens (tertiary/aromatic N) is 3. The Morgan fingerprint density at radius 2 is 1.68 bits per heavy atom. The number of hydrogen-bond acceptors (Lipinski definition) is 4. The summed E-state index contributed by atoms with van der Waals surface area (Å²) in [6, 6.07) is 15.5. The van der Waals surface area contributed by atoms with Gasteiger partial charge in [-0.3, -0.25) is 4.79 Å². The van der Waals surface area contributed by atoms with Crippen molar-refractivity contribution in [1.82, 2.24) is 10.1 Å². The van der Waals surface area contributed by atoms with E-state index in [1.54, 1.807) is 4.90 Å². The number of rotatable bonds is 9. The molecular formula is C25H30FN3O2. The van der Waals surface area contributed by atoms with E-state index in [4.69, 9.17) is 4.52 Å². The van der Waals surface area contributed by atoms with E-state index in [-0.39, 0.29) is 17.6 Å². The number of benzene rings is 2. The fourth-order valence-corrected chi connectivity index (χ4v) is 3.65. The van der Waals surface area contributed by atoms with Crippen molar-refractivity contribution in [3.63, 3.8) is 0 Å². The van der Waals surface area contributed by atoms with Crippen molar-refractivity contribution < 1.29 is 13.7 Å². The first-order valence-electron chi connectivity index (χ1n) is 10.8. The molecule has 0 aliphatic heterocycles.